The fraction of sp³-hybridized carbons (Fsp3) is 0.261. The van der Waals surface area contributed by atoms with E-state index in [2.05, 4.69) is 27.4 Å². The van der Waals surface area contributed by atoms with Crippen LogP contribution in [-0.4, -0.2) is 46.4 Å². The lowest BCUT2D eigenvalue weighted by atomic mass is 10.0. The van der Waals surface area contributed by atoms with Gasteiger partial charge in [-0.15, -0.1) is 0 Å². The molecule has 0 unspecified atom stereocenters. The van der Waals surface area contributed by atoms with Gasteiger partial charge in [0.15, 0.2) is 0 Å². The zero-order valence-corrected chi connectivity index (χ0v) is 17.6. The average molecular weight is 419 g/mol. The summed E-state index contributed by atoms with van der Waals surface area (Å²) in [5.74, 6) is 0. The Balaban J connectivity index is 1.56. The first-order chi connectivity index (χ1) is 14.9. The molecule has 31 heavy (non-hydrogen) atoms. The highest BCUT2D eigenvalue weighted by atomic mass is 16.6. The fourth-order valence-electron chi connectivity index (χ4n) is 3.60. The summed E-state index contributed by atoms with van der Waals surface area (Å²) in [5, 5.41) is 11.9. The molecule has 3 heterocycles. The zero-order chi connectivity index (χ0) is 22.0. The van der Waals surface area contributed by atoms with Crippen LogP contribution in [0.5, 0.6) is 0 Å². The first-order valence-electron chi connectivity index (χ1n) is 10.2. The molecule has 0 aliphatic carbocycles. The zero-order valence-electron chi connectivity index (χ0n) is 17.6. The molecule has 3 aromatic rings. The minimum atomic E-state index is -0.275. The minimum absolute atomic E-state index is 0.125. The van der Waals surface area contributed by atoms with Crippen molar-refractivity contribution in [2.24, 2.45) is 0 Å². The first-order valence-corrected chi connectivity index (χ1v) is 10.2. The summed E-state index contributed by atoms with van der Waals surface area (Å²) in [5.41, 5.74) is 11.8. The van der Waals surface area contributed by atoms with Crippen LogP contribution in [0.2, 0.25) is 0 Å². The van der Waals surface area contributed by atoms with Crippen LogP contribution in [0.15, 0.2) is 42.6 Å². The third kappa shape index (κ3) is 4.37. The summed E-state index contributed by atoms with van der Waals surface area (Å²) in [7, 11) is 0. The number of hydrogen-bond acceptors (Lipinski definition) is 6. The molecule has 0 atom stereocenters. The van der Waals surface area contributed by atoms with E-state index in [0.717, 1.165) is 40.1 Å². The molecule has 1 aromatic carbocycles. The van der Waals surface area contributed by atoms with Gasteiger partial charge in [-0.25, -0.2) is 9.78 Å². The number of aromatic nitrogens is 2. The number of amides is 1. The normalized spacial score (nSPS) is 13.9. The Hall–Kier alpha value is -3.81. The van der Waals surface area contributed by atoms with Crippen LogP contribution in [0, 0.1) is 5.41 Å². The van der Waals surface area contributed by atoms with Crippen LogP contribution in [0.3, 0.4) is 0 Å². The molecule has 8 nitrogen and oxygen atoms in total. The quantitative estimate of drug-likeness (QED) is 0.359. The van der Waals surface area contributed by atoms with Gasteiger partial charge in [0.2, 0.25) is 0 Å². The molecule has 4 rings (SSSR count). The maximum Gasteiger partial charge on any atom is 0.410 e. The van der Waals surface area contributed by atoms with Crippen molar-refractivity contribution in [2.75, 3.05) is 24.1 Å². The van der Waals surface area contributed by atoms with E-state index in [-0.39, 0.29) is 12.2 Å². The van der Waals surface area contributed by atoms with E-state index >= 15 is 0 Å². The number of nitrogens with two attached hydrogens (primary N) is 1. The van der Waals surface area contributed by atoms with Crippen molar-refractivity contribution >= 4 is 46.0 Å². The monoisotopic (exact) mass is 418 g/mol. The summed E-state index contributed by atoms with van der Waals surface area (Å²) in [6.07, 6.45) is 5.39. The van der Waals surface area contributed by atoms with Crippen molar-refractivity contribution in [1.82, 2.24) is 14.9 Å². The van der Waals surface area contributed by atoms with Crippen molar-refractivity contribution < 1.29 is 9.53 Å². The van der Waals surface area contributed by atoms with E-state index in [9.17, 15) is 4.79 Å². The number of nitrogens with zero attached hydrogens (tertiary/aromatic N) is 2. The molecule has 2 aromatic heterocycles. The number of fused-ring (bicyclic) bond motifs is 1. The van der Waals surface area contributed by atoms with Crippen molar-refractivity contribution in [3.8, 4) is 0 Å². The molecule has 0 saturated heterocycles. The Morgan fingerprint density at radius 3 is 2.90 bits per heavy atom. The molecule has 0 fully saturated rings. The number of anilines is 3. The highest BCUT2D eigenvalue weighted by Crippen LogP contribution is 2.31. The van der Waals surface area contributed by atoms with E-state index in [1.54, 1.807) is 17.2 Å². The Morgan fingerprint density at radius 2 is 2.19 bits per heavy atom. The van der Waals surface area contributed by atoms with Crippen LogP contribution in [-0.2, 0) is 4.74 Å². The second-order valence-corrected chi connectivity index (χ2v) is 7.77. The lowest BCUT2D eigenvalue weighted by Gasteiger charge is -2.26. The Bertz CT molecular complexity index is 1160. The highest BCUT2D eigenvalue weighted by Gasteiger charge is 2.21. The van der Waals surface area contributed by atoms with Gasteiger partial charge >= 0.3 is 6.09 Å². The number of benzene rings is 1. The number of pyridine rings is 1. The predicted molar refractivity (Wildman–Crippen MR) is 124 cm³/mol. The summed E-state index contributed by atoms with van der Waals surface area (Å²) in [6, 6.07) is 9.51. The molecule has 1 aliphatic heterocycles. The summed E-state index contributed by atoms with van der Waals surface area (Å²) in [4.78, 5) is 21.7. The molecular weight excluding hydrogens is 392 g/mol. The van der Waals surface area contributed by atoms with Gasteiger partial charge in [-0.1, -0.05) is 6.08 Å². The molecule has 1 aliphatic rings. The van der Waals surface area contributed by atoms with Crippen molar-refractivity contribution in [3.63, 3.8) is 0 Å². The number of H-pyrrole nitrogens is 1. The average Bonchev–Trinajstić information content (AvgIpc) is 3.20. The fourth-order valence-corrected chi connectivity index (χ4v) is 3.60. The SMILES string of the molecule is CC(C)OC(=O)N1CC=C(c2cc3c(Nc4ccc(N)c(C=N)c4)ccnc3[nH]2)CC1. The van der Waals surface area contributed by atoms with E-state index < -0.39 is 0 Å². The Labute approximate surface area is 180 Å². The maximum atomic E-state index is 12.1. The highest BCUT2D eigenvalue weighted by molar-refractivity contribution is 5.95. The number of carbonyl (C=O) groups is 1. The second kappa shape index (κ2) is 8.51. The van der Waals surface area contributed by atoms with Gasteiger partial charge in [0, 0.05) is 53.5 Å². The van der Waals surface area contributed by atoms with Crippen molar-refractivity contribution in [2.45, 2.75) is 26.4 Å². The topological polar surface area (TPSA) is 120 Å². The molecule has 0 bridgehead atoms. The molecule has 8 heteroatoms. The smallest absolute Gasteiger partial charge is 0.410 e. The third-order valence-corrected chi connectivity index (χ3v) is 5.20. The summed E-state index contributed by atoms with van der Waals surface area (Å²) >= 11 is 0. The molecule has 160 valence electrons. The third-order valence-electron chi connectivity index (χ3n) is 5.20. The Kier molecular flexibility index (Phi) is 5.62. The van der Waals surface area contributed by atoms with Crippen LogP contribution < -0.4 is 11.1 Å². The molecule has 0 radical (unpaired) electrons. The number of aromatic amines is 1. The molecule has 0 saturated carbocycles. The Morgan fingerprint density at radius 1 is 1.35 bits per heavy atom. The molecular formula is C23H26N6O2. The van der Waals surface area contributed by atoms with Gasteiger partial charge in [-0.2, -0.15) is 0 Å². The predicted octanol–water partition coefficient (Wildman–Crippen LogP) is 4.52. The van der Waals surface area contributed by atoms with Crippen molar-refractivity contribution in [3.05, 3.63) is 53.9 Å². The van der Waals surface area contributed by atoms with Gasteiger partial charge in [-0.05, 0) is 56.2 Å². The molecule has 0 spiro atoms. The number of nitrogens with one attached hydrogen (secondary N) is 3. The lowest BCUT2D eigenvalue weighted by Crippen LogP contribution is -2.36. The first kappa shape index (κ1) is 20.5. The standard InChI is InChI=1S/C23H26N6O2/c1-14(2)31-23(30)29-9-6-15(7-10-29)21-12-18-20(5-8-26-22(18)28-21)27-17-3-4-19(25)16(11-17)13-24/h3-6,8,11-14,24H,7,9-10,25H2,1-2H3,(H2,26,27,28). The van der Waals surface area contributed by atoms with Crippen LogP contribution >= 0.6 is 0 Å². The number of nitrogen functional groups attached to an aromatic ring is 1. The van der Waals surface area contributed by atoms with Gasteiger partial charge in [-0.3, -0.25) is 0 Å². The van der Waals surface area contributed by atoms with E-state index in [1.807, 2.05) is 32.0 Å². The number of hydrogen-bond donors (Lipinski definition) is 4. The number of ether oxygens (including phenoxy) is 1. The number of rotatable bonds is 5. The summed E-state index contributed by atoms with van der Waals surface area (Å²) < 4.78 is 5.28. The van der Waals surface area contributed by atoms with Crippen molar-refractivity contribution in [1.29, 1.82) is 5.41 Å². The molecule has 1 amide bonds. The second-order valence-electron chi connectivity index (χ2n) is 7.77. The van der Waals surface area contributed by atoms with E-state index in [0.29, 0.717) is 24.3 Å². The maximum absolute atomic E-state index is 12.1. The van der Waals surface area contributed by atoms with Gasteiger partial charge in [0.25, 0.3) is 0 Å². The van der Waals surface area contributed by atoms with E-state index in [1.165, 1.54) is 6.21 Å². The van der Waals surface area contributed by atoms with Crippen LogP contribution in [0.1, 0.15) is 31.5 Å². The van der Waals surface area contributed by atoms with Crippen LogP contribution in [0.25, 0.3) is 16.6 Å². The van der Waals surface area contributed by atoms with Gasteiger partial charge < -0.3 is 31.1 Å². The lowest BCUT2D eigenvalue weighted by molar-refractivity contribution is 0.0799. The van der Waals surface area contributed by atoms with E-state index in [4.69, 9.17) is 15.9 Å². The summed E-state index contributed by atoms with van der Waals surface area (Å²) in [6.45, 7) is 4.83. The number of carbonyl (C=O) groups excluding carboxylic acids is 1. The van der Waals surface area contributed by atoms with Crippen LogP contribution in [0.4, 0.5) is 21.9 Å². The van der Waals surface area contributed by atoms with Gasteiger partial charge in [0.1, 0.15) is 5.65 Å². The van der Waals surface area contributed by atoms with Gasteiger partial charge in [0.05, 0.1) is 11.8 Å². The minimum Gasteiger partial charge on any atom is -0.447 e. The molecule has 5 N–H and O–H groups in total. The largest absolute Gasteiger partial charge is 0.447 e.